The molecule has 3 atom stereocenters. The van der Waals surface area contributed by atoms with Crippen molar-refractivity contribution in [1.29, 1.82) is 0 Å². The Balaban J connectivity index is 1.72. The van der Waals surface area contributed by atoms with Gasteiger partial charge < -0.3 is 20.6 Å². The van der Waals surface area contributed by atoms with Crippen LogP contribution in [0.15, 0.2) is 48.5 Å². The summed E-state index contributed by atoms with van der Waals surface area (Å²) >= 11 is 0. The van der Waals surface area contributed by atoms with Gasteiger partial charge in [0.15, 0.2) is 0 Å². The topological polar surface area (TPSA) is 98.7 Å². The number of carbonyl (C=O) groups excluding carboxylic acids is 3. The van der Waals surface area contributed by atoms with Crippen LogP contribution >= 0.6 is 0 Å². The lowest BCUT2D eigenvalue weighted by atomic mass is 9.91. The number of rotatable bonds is 11. The molecule has 1 aliphatic rings. The van der Waals surface area contributed by atoms with E-state index < -0.39 is 29.8 Å². The molecule has 0 aliphatic carbocycles. The zero-order chi connectivity index (χ0) is 27.9. The third-order valence-corrected chi connectivity index (χ3v) is 6.87. The number of aliphatic hydroxyl groups is 1. The van der Waals surface area contributed by atoms with E-state index in [0.717, 1.165) is 12.0 Å². The molecule has 1 heterocycles. The fourth-order valence-corrected chi connectivity index (χ4v) is 4.54. The molecule has 1 saturated heterocycles. The van der Waals surface area contributed by atoms with Crippen LogP contribution in [0.5, 0.6) is 0 Å². The van der Waals surface area contributed by atoms with Crippen LogP contribution in [-0.4, -0.2) is 48.1 Å². The van der Waals surface area contributed by atoms with E-state index >= 15 is 0 Å². The molecule has 8 heteroatoms. The zero-order valence-electron chi connectivity index (χ0n) is 22.8. The van der Waals surface area contributed by atoms with Gasteiger partial charge in [0.1, 0.15) is 5.82 Å². The summed E-state index contributed by atoms with van der Waals surface area (Å²) in [7, 11) is 0. The Kier molecular flexibility index (Phi) is 10.0. The highest BCUT2D eigenvalue weighted by Crippen LogP contribution is 2.26. The van der Waals surface area contributed by atoms with Gasteiger partial charge in [-0.2, -0.15) is 0 Å². The zero-order valence-corrected chi connectivity index (χ0v) is 22.8. The van der Waals surface area contributed by atoms with Gasteiger partial charge >= 0.3 is 0 Å². The van der Waals surface area contributed by atoms with Crippen LogP contribution in [0.4, 0.5) is 10.1 Å². The maximum Gasteiger partial charge on any atom is 0.251 e. The van der Waals surface area contributed by atoms with Crippen LogP contribution in [0.2, 0.25) is 0 Å². The Hall–Kier alpha value is -3.26. The van der Waals surface area contributed by atoms with Gasteiger partial charge in [-0.25, -0.2) is 4.39 Å². The van der Waals surface area contributed by atoms with Crippen molar-refractivity contribution in [3.05, 3.63) is 65.5 Å². The average molecular weight is 526 g/mol. The van der Waals surface area contributed by atoms with E-state index in [1.165, 1.54) is 23.1 Å². The number of nitrogens with zero attached hydrogens (tertiary/aromatic N) is 1. The summed E-state index contributed by atoms with van der Waals surface area (Å²) in [6.45, 7) is 9.05. The molecule has 3 N–H and O–H groups in total. The molecule has 0 radical (unpaired) electrons. The molecule has 1 aliphatic heterocycles. The smallest absolute Gasteiger partial charge is 0.251 e. The maximum absolute atomic E-state index is 14.5. The summed E-state index contributed by atoms with van der Waals surface area (Å²) < 4.78 is 14.5. The second-order valence-electron chi connectivity index (χ2n) is 11.4. The highest BCUT2D eigenvalue weighted by atomic mass is 19.1. The molecule has 3 rings (SSSR count). The standard InChI is InChI=1S/C30H40FN3O4/c1-20(28(37)32-15-14-30(2,3)4)17-26(35)24(18-21-9-6-5-7-10-21)33-29(38)22-12-13-23(31)25(19-22)34-16-8-11-27(34)36/h5-7,9-10,12-13,19-20,24,26,35H,8,11,14-18H2,1-4H3,(H,32,37)(H,33,38)/t20-,24+,26+/m1/s1. The molecule has 2 aromatic carbocycles. The van der Waals surface area contributed by atoms with Gasteiger partial charge in [0.25, 0.3) is 5.91 Å². The molecule has 0 unspecified atom stereocenters. The second kappa shape index (κ2) is 13.0. The third-order valence-electron chi connectivity index (χ3n) is 6.87. The first-order valence-corrected chi connectivity index (χ1v) is 13.3. The summed E-state index contributed by atoms with van der Waals surface area (Å²) in [5.74, 6) is -1.83. The predicted molar refractivity (Wildman–Crippen MR) is 146 cm³/mol. The first kappa shape index (κ1) is 29.3. The van der Waals surface area contributed by atoms with Gasteiger partial charge in [-0.3, -0.25) is 14.4 Å². The molecular formula is C30H40FN3O4. The predicted octanol–water partition coefficient (Wildman–Crippen LogP) is 4.23. The van der Waals surface area contributed by atoms with Crippen LogP contribution < -0.4 is 15.5 Å². The normalized spacial score (nSPS) is 16.2. The molecule has 206 valence electrons. The highest BCUT2D eigenvalue weighted by molar-refractivity contribution is 5.99. The summed E-state index contributed by atoms with van der Waals surface area (Å²) in [5, 5.41) is 17.0. The summed E-state index contributed by atoms with van der Waals surface area (Å²) in [6, 6.07) is 12.7. The number of anilines is 1. The van der Waals surface area contributed by atoms with Crippen molar-refractivity contribution in [3.8, 4) is 0 Å². The van der Waals surface area contributed by atoms with Crippen molar-refractivity contribution in [2.45, 2.75) is 71.9 Å². The van der Waals surface area contributed by atoms with Crippen LogP contribution in [-0.2, 0) is 16.0 Å². The van der Waals surface area contributed by atoms with Gasteiger partial charge in [0.05, 0.1) is 17.8 Å². The van der Waals surface area contributed by atoms with Crippen molar-refractivity contribution in [1.82, 2.24) is 10.6 Å². The number of amides is 3. The summed E-state index contributed by atoms with van der Waals surface area (Å²) in [6.07, 6.45) is 1.35. The Morgan fingerprint density at radius 2 is 1.84 bits per heavy atom. The quantitative estimate of drug-likeness (QED) is 0.409. The lowest BCUT2D eigenvalue weighted by Crippen LogP contribution is -2.46. The number of benzene rings is 2. The number of aliphatic hydroxyl groups excluding tert-OH is 1. The number of nitrogens with one attached hydrogen (secondary N) is 2. The largest absolute Gasteiger partial charge is 0.391 e. The van der Waals surface area contributed by atoms with Crippen LogP contribution in [0.3, 0.4) is 0 Å². The molecule has 3 amide bonds. The van der Waals surface area contributed by atoms with Gasteiger partial charge in [-0.15, -0.1) is 0 Å². The molecule has 38 heavy (non-hydrogen) atoms. The first-order chi connectivity index (χ1) is 17.9. The van der Waals surface area contributed by atoms with Gasteiger partial charge in [-0.1, -0.05) is 58.0 Å². The van der Waals surface area contributed by atoms with Crippen molar-refractivity contribution in [2.75, 3.05) is 18.0 Å². The lowest BCUT2D eigenvalue weighted by molar-refractivity contribution is -0.125. The molecule has 0 bridgehead atoms. The molecule has 7 nitrogen and oxygen atoms in total. The Morgan fingerprint density at radius 3 is 2.47 bits per heavy atom. The van der Waals surface area contributed by atoms with E-state index in [9.17, 15) is 23.9 Å². The molecule has 1 fully saturated rings. The average Bonchev–Trinajstić information content (AvgIpc) is 3.29. The van der Waals surface area contributed by atoms with Crippen molar-refractivity contribution in [3.63, 3.8) is 0 Å². The Bertz CT molecular complexity index is 1120. The van der Waals surface area contributed by atoms with Crippen LogP contribution in [0.1, 0.15) is 69.3 Å². The van der Waals surface area contributed by atoms with Crippen molar-refractivity contribution in [2.24, 2.45) is 11.3 Å². The molecule has 0 spiro atoms. The number of hydrogen-bond acceptors (Lipinski definition) is 4. The summed E-state index contributed by atoms with van der Waals surface area (Å²) in [4.78, 5) is 39.4. The Labute approximate surface area is 224 Å². The number of carbonyl (C=O) groups is 3. The number of halogens is 1. The SMILES string of the molecule is C[C@H](C[C@H](O)[C@H](Cc1ccccc1)NC(=O)c1ccc(F)c(N2CCCC2=O)c1)C(=O)NCCC(C)(C)C. The van der Waals surface area contributed by atoms with Crippen molar-refractivity contribution < 1.29 is 23.9 Å². The molecule has 2 aromatic rings. The van der Waals surface area contributed by atoms with E-state index in [4.69, 9.17) is 0 Å². The minimum atomic E-state index is -0.998. The van der Waals surface area contributed by atoms with Gasteiger partial charge in [0.2, 0.25) is 11.8 Å². The summed E-state index contributed by atoms with van der Waals surface area (Å²) in [5.41, 5.74) is 1.30. The fourth-order valence-electron chi connectivity index (χ4n) is 4.54. The van der Waals surface area contributed by atoms with Crippen LogP contribution in [0.25, 0.3) is 0 Å². The molecule has 0 aromatic heterocycles. The minimum absolute atomic E-state index is 0.0841. The maximum atomic E-state index is 14.5. The monoisotopic (exact) mass is 525 g/mol. The van der Waals surface area contributed by atoms with E-state index in [1.807, 2.05) is 30.3 Å². The number of hydrogen-bond donors (Lipinski definition) is 3. The van der Waals surface area contributed by atoms with Crippen LogP contribution in [0, 0.1) is 17.2 Å². The fraction of sp³-hybridized carbons (Fsp3) is 0.500. The van der Waals surface area contributed by atoms with Gasteiger partial charge in [0, 0.05) is 31.0 Å². The first-order valence-electron chi connectivity index (χ1n) is 13.3. The second-order valence-corrected chi connectivity index (χ2v) is 11.4. The molecular weight excluding hydrogens is 485 g/mol. The third kappa shape index (κ3) is 8.38. The molecule has 0 saturated carbocycles. The minimum Gasteiger partial charge on any atom is -0.391 e. The Morgan fingerprint density at radius 1 is 1.13 bits per heavy atom. The lowest BCUT2D eigenvalue weighted by Gasteiger charge is -2.27. The van der Waals surface area contributed by atoms with E-state index in [1.54, 1.807) is 6.92 Å². The van der Waals surface area contributed by atoms with E-state index in [-0.39, 0.29) is 34.9 Å². The van der Waals surface area contributed by atoms with Crippen molar-refractivity contribution >= 4 is 23.4 Å². The van der Waals surface area contributed by atoms with E-state index in [0.29, 0.717) is 32.4 Å². The highest BCUT2D eigenvalue weighted by Gasteiger charge is 2.28. The van der Waals surface area contributed by atoms with Gasteiger partial charge in [-0.05, 0) is 54.9 Å². The van der Waals surface area contributed by atoms with E-state index in [2.05, 4.69) is 31.4 Å².